The van der Waals surface area contributed by atoms with Gasteiger partial charge in [-0.1, -0.05) is 19.1 Å². The first kappa shape index (κ1) is 19.1. The molecule has 1 aromatic heterocycles. The van der Waals surface area contributed by atoms with Crippen LogP contribution >= 0.6 is 0 Å². The van der Waals surface area contributed by atoms with E-state index >= 15 is 0 Å². The van der Waals surface area contributed by atoms with E-state index in [-0.39, 0.29) is 0 Å². The summed E-state index contributed by atoms with van der Waals surface area (Å²) < 4.78 is 5.25. The highest BCUT2D eigenvalue weighted by Crippen LogP contribution is 2.23. The highest BCUT2D eigenvalue weighted by Gasteiger charge is 2.19. The first-order valence-electron chi connectivity index (χ1n) is 10.1. The second-order valence-electron chi connectivity index (χ2n) is 7.09. The van der Waals surface area contributed by atoms with Gasteiger partial charge in [-0.15, -0.1) is 0 Å². The number of nitrogens with one attached hydrogen (secondary N) is 1. The Kier molecular flexibility index (Phi) is 5.79. The van der Waals surface area contributed by atoms with E-state index in [2.05, 4.69) is 63.4 Å². The Morgan fingerprint density at radius 1 is 0.897 bits per heavy atom. The Morgan fingerprint density at radius 3 is 2.24 bits per heavy atom. The third kappa shape index (κ3) is 4.59. The number of hydrogen-bond donors (Lipinski definition) is 1. The fraction of sp³-hybridized carbons (Fsp3) is 0.304. The van der Waals surface area contributed by atoms with Crippen molar-refractivity contribution in [1.29, 1.82) is 0 Å². The zero-order valence-corrected chi connectivity index (χ0v) is 17.0. The third-order valence-electron chi connectivity index (χ3n) is 5.30. The summed E-state index contributed by atoms with van der Waals surface area (Å²) in [7, 11) is 1.69. The van der Waals surface area contributed by atoms with E-state index in [9.17, 15) is 0 Å². The SMILES string of the molecule is CCc1ccc(Nc2nccc(N3CCN(c4ccc(OC)cc4)CC3)n2)cc1. The maximum Gasteiger partial charge on any atom is 0.229 e. The van der Waals surface area contributed by atoms with E-state index in [1.165, 1.54) is 11.3 Å². The minimum absolute atomic E-state index is 0.629. The Balaban J connectivity index is 1.38. The molecule has 4 rings (SSSR count). The first-order chi connectivity index (χ1) is 14.2. The topological polar surface area (TPSA) is 53.5 Å². The molecule has 0 bridgehead atoms. The fourth-order valence-corrected chi connectivity index (χ4v) is 3.53. The molecular formula is C23H27N5O. The van der Waals surface area contributed by atoms with Crippen molar-refractivity contribution in [2.45, 2.75) is 13.3 Å². The average Bonchev–Trinajstić information content (AvgIpc) is 2.80. The van der Waals surface area contributed by atoms with Gasteiger partial charge in [0.2, 0.25) is 5.95 Å². The van der Waals surface area contributed by atoms with Crippen molar-refractivity contribution >= 4 is 23.1 Å². The van der Waals surface area contributed by atoms with Gasteiger partial charge < -0.3 is 19.9 Å². The molecule has 150 valence electrons. The average molecular weight is 390 g/mol. The number of anilines is 4. The van der Waals surface area contributed by atoms with Gasteiger partial charge in [0.15, 0.2) is 0 Å². The van der Waals surface area contributed by atoms with Crippen LogP contribution in [0.15, 0.2) is 60.8 Å². The van der Waals surface area contributed by atoms with Gasteiger partial charge in [-0.3, -0.25) is 0 Å². The van der Waals surface area contributed by atoms with Gasteiger partial charge >= 0.3 is 0 Å². The number of hydrogen-bond acceptors (Lipinski definition) is 6. The quantitative estimate of drug-likeness (QED) is 0.685. The Hall–Kier alpha value is -3.28. The van der Waals surface area contributed by atoms with Crippen molar-refractivity contribution in [3.8, 4) is 5.75 Å². The predicted octanol–water partition coefficient (Wildman–Crippen LogP) is 4.12. The Bertz CT molecular complexity index is 919. The zero-order chi connectivity index (χ0) is 20.1. The summed E-state index contributed by atoms with van der Waals surface area (Å²) in [5.74, 6) is 2.48. The minimum Gasteiger partial charge on any atom is -0.497 e. The van der Waals surface area contributed by atoms with Crippen molar-refractivity contribution in [2.75, 3.05) is 48.4 Å². The van der Waals surface area contributed by atoms with Crippen LogP contribution in [0.4, 0.5) is 23.1 Å². The molecule has 0 radical (unpaired) electrons. The number of benzene rings is 2. The van der Waals surface area contributed by atoms with Gasteiger partial charge in [0, 0.05) is 43.8 Å². The van der Waals surface area contributed by atoms with E-state index in [1.807, 2.05) is 24.4 Å². The van der Waals surface area contributed by atoms with Gasteiger partial charge in [-0.2, -0.15) is 4.98 Å². The maximum atomic E-state index is 5.25. The van der Waals surface area contributed by atoms with Crippen LogP contribution in [-0.4, -0.2) is 43.3 Å². The number of aryl methyl sites for hydroxylation is 1. The number of rotatable bonds is 6. The number of nitrogens with zero attached hydrogens (tertiary/aromatic N) is 4. The largest absolute Gasteiger partial charge is 0.497 e. The predicted molar refractivity (Wildman–Crippen MR) is 119 cm³/mol. The van der Waals surface area contributed by atoms with Crippen LogP contribution in [-0.2, 0) is 6.42 Å². The molecule has 0 spiro atoms. The lowest BCUT2D eigenvalue weighted by molar-refractivity contribution is 0.415. The lowest BCUT2D eigenvalue weighted by atomic mass is 10.1. The van der Waals surface area contributed by atoms with E-state index < -0.39 is 0 Å². The normalized spacial score (nSPS) is 14.0. The first-order valence-corrected chi connectivity index (χ1v) is 10.1. The van der Waals surface area contributed by atoms with Gasteiger partial charge in [0.25, 0.3) is 0 Å². The van der Waals surface area contributed by atoms with Crippen molar-refractivity contribution in [1.82, 2.24) is 9.97 Å². The van der Waals surface area contributed by atoms with Gasteiger partial charge in [-0.05, 0) is 54.4 Å². The summed E-state index contributed by atoms with van der Waals surface area (Å²) in [5.41, 5.74) is 3.55. The lowest BCUT2D eigenvalue weighted by Gasteiger charge is -2.36. The van der Waals surface area contributed by atoms with Gasteiger partial charge in [0.05, 0.1) is 7.11 Å². The Morgan fingerprint density at radius 2 is 1.59 bits per heavy atom. The van der Waals surface area contributed by atoms with E-state index in [0.29, 0.717) is 5.95 Å². The van der Waals surface area contributed by atoms with Crippen LogP contribution in [0.5, 0.6) is 5.75 Å². The van der Waals surface area contributed by atoms with Crippen molar-refractivity contribution in [3.63, 3.8) is 0 Å². The molecule has 0 saturated carbocycles. The van der Waals surface area contributed by atoms with Gasteiger partial charge in [-0.25, -0.2) is 4.98 Å². The monoisotopic (exact) mass is 389 g/mol. The molecule has 2 aromatic carbocycles. The smallest absolute Gasteiger partial charge is 0.229 e. The molecule has 1 aliphatic heterocycles. The number of ether oxygens (including phenoxy) is 1. The summed E-state index contributed by atoms with van der Waals surface area (Å²) in [5, 5.41) is 3.31. The van der Waals surface area contributed by atoms with Crippen LogP contribution in [0.2, 0.25) is 0 Å². The highest BCUT2D eigenvalue weighted by atomic mass is 16.5. The standard InChI is InChI=1S/C23H27N5O/c1-3-18-4-6-19(7-5-18)25-23-24-13-12-22(26-23)28-16-14-27(15-17-28)20-8-10-21(29-2)11-9-20/h4-13H,3,14-17H2,1-2H3,(H,24,25,26). The second-order valence-corrected chi connectivity index (χ2v) is 7.09. The van der Waals surface area contributed by atoms with Crippen molar-refractivity contribution in [3.05, 3.63) is 66.4 Å². The highest BCUT2D eigenvalue weighted by molar-refractivity contribution is 5.56. The molecular weight excluding hydrogens is 362 g/mol. The molecule has 0 atom stereocenters. The van der Waals surface area contributed by atoms with Crippen LogP contribution in [0.1, 0.15) is 12.5 Å². The number of piperazine rings is 1. The number of methoxy groups -OCH3 is 1. The summed E-state index contributed by atoms with van der Waals surface area (Å²) >= 11 is 0. The molecule has 6 heteroatoms. The van der Waals surface area contributed by atoms with E-state index in [1.54, 1.807) is 7.11 Å². The molecule has 6 nitrogen and oxygen atoms in total. The summed E-state index contributed by atoms with van der Waals surface area (Å²) in [4.78, 5) is 13.8. The molecule has 1 aliphatic rings. The minimum atomic E-state index is 0.629. The second kappa shape index (κ2) is 8.82. The number of aromatic nitrogens is 2. The van der Waals surface area contributed by atoms with E-state index in [0.717, 1.165) is 49.9 Å². The van der Waals surface area contributed by atoms with Crippen LogP contribution in [0.25, 0.3) is 0 Å². The Labute approximate surface area is 172 Å². The van der Waals surface area contributed by atoms with E-state index in [4.69, 9.17) is 9.72 Å². The fourth-order valence-electron chi connectivity index (χ4n) is 3.53. The molecule has 0 amide bonds. The van der Waals surface area contributed by atoms with Crippen LogP contribution in [0.3, 0.4) is 0 Å². The molecule has 1 saturated heterocycles. The molecule has 0 unspecified atom stereocenters. The molecule has 2 heterocycles. The van der Waals surface area contributed by atoms with Crippen LogP contribution < -0.4 is 19.9 Å². The summed E-state index contributed by atoms with van der Waals surface area (Å²) in [6.45, 7) is 5.92. The molecule has 29 heavy (non-hydrogen) atoms. The third-order valence-corrected chi connectivity index (χ3v) is 5.30. The van der Waals surface area contributed by atoms with Crippen molar-refractivity contribution < 1.29 is 4.74 Å². The summed E-state index contributed by atoms with van der Waals surface area (Å²) in [6.07, 6.45) is 2.86. The molecule has 0 aliphatic carbocycles. The van der Waals surface area contributed by atoms with Gasteiger partial charge in [0.1, 0.15) is 11.6 Å². The van der Waals surface area contributed by atoms with Crippen LogP contribution in [0, 0.1) is 0 Å². The zero-order valence-electron chi connectivity index (χ0n) is 17.0. The maximum absolute atomic E-state index is 5.25. The lowest BCUT2D eigenvalue weighted by Crippen LogP contribution is -2.46. The molecule has 1 fully saturated rings. The molecule has 3 aromatic rings. The summed E-state index contributed by atoms with van der Waals surface area (Å²) in [6, 6.07) is 18.6. The molecule has 1 N–H and O–H groups in total. The van der Waals surface area contributed by atoms with Crippen molar-refractivity contribution in [2.24, 2.45) is 0 Å².